The Balaban J connectivity index is 1.56. The standard InChI is InChI=1S/C50H56Si/c1-47(2,3)35-19-29-15-17-31-21-37(49(7,8)9)27-39-41(25-33(23-35)43(29)45(31)39)51(13,14)42-26-34-24-36(48(4,5)6)20-30-16-18-32-22-38(50(10,11)12)28-40(42)46(32)44(30)34/h15-28H,1-14H3. The van der Waals surface area contributed by atoms with Gasteiger partial charge in [0, 0.05) is 0 Å². The lowest BCUT2D eigenvalue weighted by molar-refractivity contribution is 0.591. The highest BCUT2D eigenvalue weighted by atomic mass is 28.3. The second-order valence-electron chi connectivity index (χ2n) is 20.4. The molecule has 260 valence electrons. The maximum absolute atomic E-state index is 2.63. The summed E-state index contributed by atoms with van der Waals surface area (Å²) in [5, 5.41) is 19.9. The molecular weight excluding hydrogens is 629 g/mol. The van der Waals surface area contributed by atoms with Gasteiger partial charge in [0.25, 0.3) is 0 Å². The van der Waals surface area contributed by atoms with Crippen molar-refractivity contribution in [2.75, 3.05) is 0 Å². The van der Waals surface area contributed by atoms with E-state index in [2.05, 4.69) is 181 Å². The highest BCUT2D eigenvalue weighted by Crippen LogP contribution is 2.43. The molecule has 0 saturated carbocycles. The van der Waals surface area contributed by atoms with E-state index in [4.69, 9.17) is 0 Å². The van der Waals surface area contributed by atoms with Crippen molar-refractivity contribution >= 4 is 83.1 Å². The van der Waals surface area contributed by atoms with Gasteiger partial charge < -0.3 is 0 Å². The monoisotopic (exact) mass is 684 g/mol. The molecule has 0 unspecified atom stereocenters. The highest BCUT2D eigenvalue weighted by molar-refractivity contribution is 7.03. The van der Waals surface area contributed by atoms with Crippen molar-refractivity contribution in [3.05, 3.63) is 107 Å². The van der Waals surface area contributed by atoms with Gasteiger partial charge in [-0.15, -0.1) is 0 Å². The van der Waals surface area contributed by atoms with Crippen molar-refractivity contribution in [1.82, 2.24) is 0 Å². The summed E-state index contributed by atoms with van der Waals surface area (Å²) in [7, 11) is -2.39. The molecule has 0 aromatic heterocycles. The quantitative estimate of drug-likeness (QED) is 0.126. The molecular formula is C50H56Si. The van der Waals surface area contributed by atoms with Crippen LogP contribution in [0.15, 0.2) is 84.9 Å². The van der Waals surface area contributed by atoms with Crippen LogP contribution in [0.25, 0.3) is 64.6 Å². The van der Waals surface area contributed by atoms with E-state index in [9.17, 15) is 0 Å². The van der Waals surface area contributed by atoms with Gasteiger partial charge in [0.2, 0.25) is 0 Å². The SMILES string of the molecule is CC(C)(C)c1cc2ccc3cc(C(C)(C)C)cc4c([Si](C)(C)c5cc6cc(C(C)(C)C)cc7ccc8cc(C(C)(C)C)cc5c8c76)cc(c1)c2c34. The normalized spacial score (nSPS) is 14.1. The van der Waals surface area contributed by atoms with Gasteiger partial charge >= 0.3 is 0 Å². The summed E-state index contributed by atoms with van der Waals surface area (Å²) in [5.74, 6) is 0. The summed E-state index contributed by atoms with van der Waals surface area (Å²) >= 11 is 0. The molecule has 0 fully saturated rings. The third-order valence-electron chi connectivity index (χ3n) is 12.1. The Kier molecular flexibility index (Phi) is 7.08. The number of benzene rings is 8. The van der Waals surface area contributed by atoms with Crippen molar-refractivity contribution in [2.24, 2.45) is 0 Å². The van der Waals surface area contributed by atoms with Crippen molar-refractivity contribution in [2.45, 2.75) is 118 Å². The molecule has 8 aromatic carbocycles. The van der Waals surface area contributed by atoms with Crippen LogP contribution in [0.3, 0.4) is 0 Å². The molecule has 1 heteroatoms. The van der Waals surface area contributed by atoms with Crippen molar-refractivity contribution in [1.29, 1.82) is 0 Å². The van der Waals surface area contributed by atoms with E-state index >= 15 is 0 Å². The first-order valence-electron chi connectivity index (χ1n) is 19.1. The minimum atomic E-state index is -2.39. The molecule has 8 aromatic rings. The topological polar surface area (TPSA) is 0 Å². The van der Waals surface area contributed by atoms with Crippen molar-refractivity contribution in [3.63, 3.8) is 0 Å². The fourth-order valence-electron chi connectivity index (χ4n) is 8.76. The fourth-order valence-corrected chi connectivity index (χ4v) is 11.8. The van der Waals surface area contributed by atoms with Crippen LogP contribution >= 0.6 is 0 Å². The molecule has 51 heavy (non-hydrogen) atoms. The largest absolute Gasteiger partial charge is 0.113 e. The van der Waals surface area contributed by atoms with E-state index in [-0.39, 0.29) is 21.7 Å². The van der Waals surface area contributed by atoms with Crippen LogP contribution in [-0.4, -0.2) is 8.07 Å². The van der Waals surface area contributed by atoms with Gasteiger partial charge in [0.15, 0.2) is 0 Å². The molecule has 0 heterocycles. The molecule has 0 bridgehead atoms. The summed E-state index contributed by atoms with van der Waals surface area (Å²) in [6, 6.07) is 34.8. The first-order valence-corrected chi connectivity index (χ1v) is 22.1. The Morgan fingerprint density at radius 3 is 0.863 bits per heavy atom. The lowest BCUT2D eigenvalue weighted by Gasteiger charge is -2.32. The first kappa shape index (κ1) is 34.2. The van der Waals surface area contributed by atoms with Crippen LogP contribution in [0.5, 0.6) is 0 Å². The Morgan fingerprint density at radius 2 is 0.569 bits per heavy atom. The van der Waals surface area contributed by atoms with E-state index in [0.29, 0.717) is 0 Å². The van der Waals surface area contributed by atoms with E-state index in [1.807, 2.05) is 0 Å². The summed E-state index contributed by atoms with van der Waals surface area (Å²) in [5.41, 5.74) is 5.85. The van der Waals surface area contributed by atoms with Crippen LogP contribution in [0.4, 0.5) is 0 Å². The summed E-state index contributed by atoms with van der Waals surface area (Å²) in [6.45, 7) is 33.5. The maximum Gasteiger partial charge on any atom is 0.113 e. The number of hydrogen-bond donors (Lipinski definition) is 0. The summed E-state index contributed by atoms with van der Waals surface area (Å²) in [4.78, 5) is 0. The molecule has 0 N–H and O–H groups in total. The average molecular weight is 685 g/mol. The maximum atomic E-state index is 2.63. The van der Waals surface area contributed by atoms with Crippen LogP contribution in [0.1, 0.15) is 105 Å². The van der Waals surface area contributed by atoms with Gasteiger partial charge in [0.1, 0.15) is 8.07 Å². The van der Waals surface area contributed by atoms with Crippen molar-refractivity contribution < 1.29 is 0 Å². The zero-order valence-electron chi connectivity index (χ0n) is 33.6. The van der Waals surface area contributed by atoms with E-state index < -0.39 is 8.07 Å². The Bertz CT molecular complexity index is 2490. The first-order chi connectivity index (χ1) is 23.5. The molecule has 0 atom stereocenters. The minimum absolute atomic E-state index is 0.0437. The molecule has 0 nitrogen and oxygen atoms in total. The van der Waals surface area contributed by atoms with Gasteiger partial charge in [-0.3, -0.25) is 0 Å². The van der Waals surface area contributed by atoms with Crippen molar-refractivity contribution in [3.8, 4) is 0 Å². The molecule has 0 radical (unpaired) electrons. The van der Waals surface area contributed by atoms with E-state index in [1.54, 1.807) is 10.4 Å². The fraction of sp³-hybridized carbons (Fsp3) is 0.360. The molecule has 0 aliphatic rings. The molecule has 0 spiro atoms. The Morgan fingerprint density at radius 1 is 0.314 bits per heavy atom. The van der Waals surface area contributed by atoms with Gasteiger partial charge in [-0.2, -0.15) is 0 Å². The zero-order chi connectivity index (χ0) is 36.8. The van der Waals surface area contributed by atoms with E-state index in [1.165, 1.54) is 86.9 Å². The number of hydrogen-bond acceptors (Lipinski definition) is 0. The van der Waals surface area contributed by atoms with Gasteiger partial charge in [-0.25, -0.2) is 0 Å². The zero-order valence-corrected chi connectivity index (χ0v) is 34.6. The second kappa shape index (κ2) is 10.6. The van der Waals surface area contributed by atoms with E-state index in [0.717, 1.165) is 0 Å². The predicted molar refractivity (Wildman–Crippen MR) is 232 cm³/mol. The Labute approximate surface area is 306 Å². The lowest BCUT2D eigenvalue weighted by atomic mass is 9.81. The Hall–Kier alpha value is -3.94. The summed E-state index contributed by atoms with van der Waals surface area (Å²) < 4.78 is 0. The van der Waals surface area contributed by atoms with Crippen LogP contribution in [-0.2, 0) is 21.7 Å². The number of rotatable bonds is 2. The van der Waals surface area contributed by atoms with Crippen LogP contribution in [0, 0.1) is 0 Å². The van der Waals surface area contributed by atoms with Gasteiger partial charge in [-0.05, 0) is 119 Å². The van der Waals surface area contributed by atoms with Crippen LogP contribution < -0.4 is 10.4 Å². The lowest BCUT2D eigenvalue weighted by Crippen LogP contribution is -2.53. The van der Waals surface area contributed by atoms with Gasteiger partial charge in [-0.1, -0.05) is 181 Å². The predicted octanol–water partition coefficient (Wildman–Crippen LogP) is 13.5. The van der Waals surface area contributed by atoms with Crippen LogP contribution in [0.2, 0.25) is 13.1 Å². The third kappa shape index (κ3) is 5.29. The minimum Gasteiger partial charge on any atom is -0.0616 e. The molecule has 0 amide bonds. The van der Waals surface area contributed by atoms with Gasteiger partial charge in [0.05, 0.1) is 0 Å². The average Bonchev–Trinajstić information content (AvgIpc) is 3.03. The molecule has 8 rings (SSSR count). The highest BCUT2D eigenvalue weighted by Gasteiger charge is 2.34. The third-order valence-corrected chi connectivity index (χ3v) is 15.6. The molecule has 0 aliphatic carbocycles. The smallest absolute Gasteiger partial charge is 0.0616 e. The molecule has 0 saturated heterocycles. The molecule has 0 aliphatic heterocycles. The second-order valence-corrected chi connectivity index (χ2v) is 24.8. The summed E-state index contributed by atoms with van der Waals surface area (Å²) in [6.07, 6.45) is 0.